The van der Waals surface area contributed by atoms with E-state index in [4.69, 9.17) is 4.74 Å². The van der Waals surface area contributed by atoms with Gasteiger partial charge in [0.1, 0.15) is 5.60 Å². The smallest absolute Gasteiger partial charge is 0.410 e. The maximum absolute atomic E-state index is 13.3. The first kappa shape index (κ1) is 23.1. The lowest BCUT2D eigenvalue weighted by Gasteiger charge is -2.45. The molecule has 0 bridgehead atoms. The second-order valence-electron chi connectivity index (χ2n) is 9.71. The molecule has 172 valence electrons. The SMILES string of the molecule is CC(C)(C)OC(=O)N1CCC[C@H]1C(NCc1ccccc1)(c1ccccc1)c1ccccc1. The Morgan fingerprint density at radius 3 is 1.91 bits per heavy atom. The summed E-state index contributed by atoms with van der Waals surface area (Å²) in [7, 11) is 0. The highest BCUT2D eigenvalue weighted by Gasteiger charge is 2.49. The number of hydrogen-bond acceptors (Lipinski definition) is 3. The highest BCUT2D eigenvalue weighted by molar-refractivity contribution is 5.69. The Kier molecular flexibility index (Phi) is 6.85. The molecule has 0 aromatic heterocycles. The molecule has 1 aliphatic heterocycles. The van der Waals surface area contributed by atoms with Crippen LogP contribution in [-0.4, -0.2) is 29.2 Å². The molecule has 1 amide bonds. The van der Waals surface area contributed by atoms with E-state index in [1.807, 2.05) is 43.9 Å². The third kappa shape index (κ3) is 5.12. The molecule has 0 spiro atoms. The quantitative estimate of drug-likeness (QED) is 0.500. The monoisotopic (exact) mass is 442 g/mol. The van der Waals surface area contributed by atoms with Gasteiger partial charge in [-0.25, -0.2) is 4.79 Å². The Balaban J connectivity index is 1.82. The molecule has 1 atom stereocenters. The molecular weight excluding hydrogens is 408 g/mol. The van der Waals surface area contributed by atoms with Crippen LogP contribution in [0.3, 0.4) is 0 Å². The average Bonchev–Trinajstić information content (AvgIpc) is 3.31. The third-order valence-corrected chi connectivity index (χ3v) is 6.25. The van der Waals surface area contributed by atoms with Crippen LogP contribution in [-0.2, 0) is 16.8 Å². The molecule has 4 nitrogen and oxygen atoms in total. The van der Waals surface area contributed by atoms with E-state index in [2.05, 4.69) is 78.1 Å². The minimum Gasteiger partial charge on any atom is -0.444 e. The second-order valence-corrected chi connectivity index (χ2v) is 9.71. The first-order chi connectivity index (χ1) is 15.9. The van der Waals surface area contributed by atoms with Crippen molar-refractivity contribution in [3.05, 3.63) is 108 Å². The van der Waals surface area contributed by atoms with Crippen molar-refractivity contribution in [3.63, 3.8) is 0 Å². The number of likely N-dealkylation sites (tertiary alicyclic amines) is 1. The standard InChI is InChI=1S/C29H34N2O2/c1-28(2,3)33-27(32)31-21-13-20-26(31)29(24-16-9-5-10-17-24,25-18-11-6-12-19-25)30-22-23-14-7-4-8-15-23/h4-12,14-19,26,30H,13,20-22H2,1-3H3/t26-/m0/s1. The number of nitrogens with one attached hydrogen (secondary N) is 1. The number of rotatable bonds is 6. The van der Waals surface area contributed by atoms with E-state index in [1.165, 1.54) is 5.56 Å². The lowest BCUT2D eigenvalue weighted by atomic mass is 9.75. The highest BCUT2D eigenvalue weighted by atomic mass is 16.6. The maximum Gasteiger partial charge on any atom is 0.410 e. The molecule has 33 heavy (non-hydrogen) atoms. The Hall–Kier alpha value is -3.11. The molecule has 4 heteroatoms. The Morgan fingerprint density at radius 1 is 0.879 bits per heavy atom. The summed E-state index contributed by atoms with van der Waals surface area (Å²) in [6.45, 7) is 7.14. The lowest BCUT2D eigenvalue weighted by molar-refractivity contribution is 0.0148. The van der Waals surface area contributed by atoms with Crippen LogP contribution in [0, 0.1) is 0 Å². The van der Waals surface area contributed by atoms with Crippen molar-refractivity contribution in [2.24, 2.45) is 0 Å². The summed E-state index contributed by atoms with van der Waals surface area (Å²) >= 11 is 0. The normalized spacial score (nSPS) is 16.6. The van der Waals surface area contributed by atoms with E-state index in [0.29, 0.717) is 13.1 Å². The van der Waals surface area contributed by atoms with Gasteiger partial charge in [-0.2, -0.15) is 0 Å². The van der Waals surface area contributed by atoms with Crippen LogP contribution in [0.4, 0.5) is 4.79 Å². The molecule has 0 unspecified atom stereocenters. The summed E-state index contributed by atoms with van der Waals surface area (Å²) in [4.78, 5) is 15.3. The van der Waals surface area contributed by atoms with Gasteiger partial charge in [0, 0.05) is 13.1 Å². The van der Waals surface area contributed by atoms with E-state index >= 15 is 0 Å². The molecule has 1 saturated heterocycles. The van der Waals surface area contributed by atoms with Crippen molar-refractivity contribution >= 4 is 6.09 Å². The van der Waals surface area contributed by atoms with E-state index in [-0.39, 0.29) is 12.1 Å². The van der Waals surface area contributed by atoms with Gasteiger partial charge in [0.05, 0.1) is 11.6 Å². The van der Waals surface area contributed by atoms with Gasteiger partial charge in [0.2, 0.25) is 0 Å². The fourth-order valence-corrected chi connectivity index (χ4v) is 4.87. The van der Waals surface area contributed by atoms with Crippen molar-refractivity contribution < 1.29 is 9.53 Å². The fourth-order valence-electron chi connectivity index (χ4n) is 4.87. The molecule has 1 heterocycles. The van der Waals surface area contributed by atoms with E-state index in [9.17, 15) is 4.79 Å². The summed E-state index contributed by atoms with van der Waals surface area (Å²) in [5.41, 5.74) is 2.38. The molecule has 1 aliphatic rings. The van der Waals surface area contributed by atoms with E-state index in [1.54, 1.807) is 0 Å². The number of nitrogens with zero attached hydrogens (tertiary/aromatic N) is 1. The van der Waals surface area contributed by atoms with Crippen molar-refractivity contribution in [1.29, 1.82) is 0 Å². The largest absolute Gasteiger partial charge is 0.444 e. The molecule has 1 N–H and O–H groups in total. The molecule has 4 rings (SSSR count). The van der Waals surface area contributed by atoms with Crippen molar-refractivity contribution in [1.82, 2.24) is 10.2 Å². The number of ether oxygens (including phenoxy) is 1. The molecule has 1 fully saturated rings. The zero-order valence-electron chi connectivity index (χ0n) is 19.8. The predicted molar refractivity (Wildman–Crippen MR) is 133 cm³/mol. The van der Waals surface area contributed by atoms with Crippen LogP contribution in [0.1, 0.15) is 50.3 Å². The van der Waals surface area contributed by atoms with Crippen LogP contribution in [0.5, 0.6) is 0 Å². The maximum atomic E-state index is 13.3. The first-order valence-corrected chi connectivity index (χ1v) is 11.8. The minimum absolute atomic E-state index is 0.0825. The van der Waals surface area contributed by atoms with Gasteiger partial charge in [-0.05, 0) is 50.3 Å². The van der Waals surface area contributed by atoms with Gasteiger partial charge in [0.25, 0.3) is 0 Å². The predicted octanol–water partition coefficient (Wildman–Crippen LogP) is 6.12. The number of carbonyl (C=O) groups excluding carboxylic acids is 1. The van der Waals surface area contributed by atoms with Gasteiger partial charge in [-0.15, -0.1) is 0 Å². The zero-order chi connectivity index (χ0) is 23.3. The Bertz CT molecular complexity index is 990. The van der Waals surface area contributed by atoms with Crippen LogP contribution in [0.25, 0.3) is 0 Å². The Labute approximate surface area is 197 Å². The topological polar surface area (TPSA) is 41.6 Å². The molecular formula is C29H34N2O2. The fraction of sp³-hybridized carbons (Fsp3) is 0.345. The number of benzene rings is 3. The third-order valence-electron chi connectivity index (χ3n) is 6.25. The van der Waals surface area contributed by atoms with Crippen LogP contribution in [0.2, 0.25) is 0 Å². The molecule has 3 aromatic rings. The summed E-state index contributed by atoms with van der Waals surface area (Å²) in [6.07, 6.45) is 1.59. The summed E-state index contributed by atoms with van der Waals surface area (Å²) in [5.74, 6) is 0. The summed E-state index contributed by atoms with van der Waals surface area (Å²) in [6, 6.07) is 31.4. The second kappa shape index (κ2) is 9.80. The first-order valence-electron chi connectivity index (χ1n) is 11.8. The van der Waals surface area contributed by atoms with Crippen LogP contribution >= 0.6 is 0 Å². The highest BCUT2D eigenvalue weighted by Crippen LogP contribution is 2.41. The molecule has 0 saturated carbocycles. The number of carbonyl (C=O) groups is 1. The van der Waals surface area contributed by atoms with Gasteiger partial charge >= 0.3 is 6.09 Å². The lowest BCUT2D eigenvalue weighted by Crippen LogP contribution is -2.58. The average molecular weight is 443 g/mol. The van der Waals surface area contributed by atoms with E-state index in [0.717, 1.165) is 24.0 Å². The Morgan fingerprint density at radius 2 is 1.39 bits per heavy atom. The van der Waals surface area contributed by atoms with Crippen LogP contribution in [0.15, 0.2) is 91.0 Å². The number of hydrogen-bond donors (Lipinski definition) is 1. The van der Waals surface area contributed by atoms with Gasteiger partial charge in [-0.1, -0.05) is 91.0 Å². The van der Waals surface area contributed by atoms with Gasteiger partial charge < -0.3 is 9.64 Å². The van der Waals surface area contributed by atoms with E-state index < -0.39 is 11.1 Å². The van der Waals surface area contributed by atoms with Crippen LogP contribution < -0.4 is 5.32 Å². The zero-order valence-corrected chi connectivity index (χ0v) is 19.8. The van der Waals surface area contributed by atoms with Gasteiger partial charge in [-0.3, -0.25) is 5.32 Å². The molecule has 3 aromatic carbocycles. The minimum atomic E-state index is -0.578. The molecule has 0 radical (unpaired) electrons. The van der Waals surface area contributed by atoms with Gasteiger partial charge in [0.15, 0.2) is 0 Å². The van der Waals surface area contributed by atoms with Crippen molar-refractivity contribution in [2.45, 2.75) is 57.3 Å². The summed E-state index contributed by atoms with van der Waals surface area (Å²) in [5, 5.41) is 3.92. The van der Waals surface area contributed by atoms with Crippen molar-refractivity contribution in [3.8, 4) is 0 Å². The van der Waals surface area contributed by atoms with Crippen molar-refractivity contribution in [2.75, 3.05) is 6.54 Å². The number of amides is 1. The summed E-state index contributed by atoms with van der Waals surface area (Å²) < 4.78 is 5.84. The molecule has 0 aliphatic carbocycles.